The summed E-state index contributed by atoms with van der Waals surface area (Å²) in [5, 5.41) is 12.7. The molecule has 0 amide bonds. The van der Waals surface area contributed by atoms with E-state index >= 15 is 0 Å². The molecule has 1 atom stereocenters. The van der Waals surface area contributed by atoms with Crippen LogP contribution in [0.3, 0.4) is 0 Å². The van der Waals surface area contributed by atoms with Gasteiger partial charge < -0.3 is 20.3 Å². The Bertz CT molecular complexity index is 1070. The van der Waals surface area contributed by atoms with Crippen LogP contribution in [0, 0.1) is 0 Å². The molecular weight excluding hydrogens is 434 g/mol. The number of methoxy groups -OCH3 is 2. The summed E-state index contributed by atoms with van der Waals surface area (Å²) in [5.41, 5.74) is 9.76. The van der Waals surface area contributed by atoms with E-state index in [1.54, 1.807) is 14.2 Å². The van der Waals surface area contributed by atoms with Gasteiger partial charge >= 0.3 is 0 Å². The van der Waals surface area contributed by atoms with Gasteiger partial charge in [0, 0.05) is 6.04 Å². The average molecular weight is 476 g/mol. The maximum atomic E-state index is 12.7. The van der Waals surface area contributed by atoms with Crippen LogP contribution in [0.5, 0.6) is 11.5 Å². The van der Waals surface area contributed by atoms with Crippen LogP contribution in [0.1, 0.15) is 69.4 Å². The van der Waals surface area contributed by atoms with Crippen LogP contribution in [-0.4, -0.2) is 25.4 Å². The molecule has 3 aromatic carbocycles. The first-order chi connectivity index (χ1) is 16.3. The largest absolute Gasteiger partial charge is 0.497 e. The Morgan fingerprint density at radius 2 is 1.09 bits per heavy atom. The minimum Gasteiger partial charge on any atom is -0.497 e. The average Bonchev–Trinajstić information content (AvgIpc) is 2.82. The molecule has 188 valence electrons. The van der Waals surface area contributed by atoms with E-state index < -0.39 is 11.6 Å². The molecule has 4 heteroatoms. The Labute approximate surface area is 211 Å². The van der Waals surface area contributed by atoms with E-state index in [4.69, 9.17) is 15.2 Å². The van der Waals surface area contributed by atoms with Crippen molar-refractivity contribution in [3.05, 3.63) is 94.5 Å². The van der Waals surface area contributed by atoms with Crippen LogP contribution in [0.4, 0.5) is 0 Å². The molecule has 0 saturated heterocycles. The van der Waals surface area contributed by atoms with Crippen LogP contribution in [0.25, 0.3) is 0 Å². The van der Waals surface area contributed by atoms with Gasteiger partial charge in [0.05, 0.1) is 14.2 Å². The first-order valence-corrected chi connectivity index (χ1v) is 12.2. The Balaban J connectivity index is 2.31. The van der Waals surface area contributed by atoms with Crippen molar-refractivity contribution in [2.24, 2.45) is 5.73 Å². The fourth-order valence-electron chi connectivity index (χ4n) is 4.35. The summed E-state index contributed by atoms with van der Waals surface area (Å²) in [6, 6.07) is 21.4. The van der Waals surface area contributed by atoms with Crippen molar-refractivity contribution in [1.29, 1.82) is 0 Å². The lowest BCUT2D eigenvalue weighted by molar-refractivity contribution is 0.0509. The molecule has 3 rings (SSSR count). The monoisotopic (exact) mass is 475 g/mol. The highest BCUT2D eigenvalue weighted by Gasteiger charge is 2.40. The van der Waals surface area contributed by atoms with Crippen molar-refractivity contribution in [2.45, 2.75) is 70.4 Å². The van der Waals surface area contributed by atoms with Gasteiger partial charge in [-0.05, 0) is 69.3 Å². The topological polar surface area (TPSA) is 64.7 Å². The van der Waals surface area contributed by atoms with E-state index in [0.29, 0.717) is 29.0 Å². The second-order valence-corrected chi connectivity index (χ2v) is 11.5. The van der Waals surface area contributed by atoms with Gasteiger partial charge in [0.1, 0.15) is 17.1 Å². The van der Waals surface area contributed by atoms with Crippen molar-refractivity contribution < 1.29 is 14.6 Å². The molecule has 0 aliphatic heterocycles. The molecule has 0 fully saturated rings. The number of hydrogen-bond donors (Lipinski definition) is 2. The van der Waals surface area contributed by atoms with Crippen molar-refractivity contribution in [3.8, 4) is 11.5 Å². The third-order valence-electron chi connectivity index (χ3n) is 6.73. The van der Waals surface area contributed by atoms with Gasteiger partial charge in [0.2, 0.25) is 0 Å². The Morgan fingerprint density at radius 3 is 1.46 bits per heavy atom. The molecule has 4 nitrogen and oxygen atoms in total. The SMILES string of the molecule is COc1cc(C(C)(C)C)cc(C(O)(c2cc(OC)cc(C(C)(C)C)c2)C(N)Cc2ccccc2)c1. The number of benzene rings is 3. The standard InChI is InChI=1S/C31H41NO3/c1-29(2,3)22-15-24(19-26(17-22)34-7)31(33,28(32)14-21-12-10-9-11-13-21)25-16-23(30(4,5)6)18-27(20-25)35-8/h9-13,15-20,28,33H,14,32H2,1-8H3. The fraction of sp³-hybridized carbons (Fsp3) is 0.419. The molecule has 0 heterocycles. The Morgan fingerprint density at radius 1 is 0.686 bits per heavy atom. The van der Waals surface area contributed by atoms with Gasteiger partial charge in [-0.2, -0.15) is 0 Å². The summed E-state index contributed by atoms with van der Waals surface area (Å²) in [4.78, 5) is 0. The van der Waals surface area contributed by atoms with E-state index in [1.807, 2.05) is 54.6 Å². The molecule has 0 aliphatic carbocycles. The summed E-state index contributed by atoms with van der Waals surface area (Å²) in [7, 11) is 3.30. The number of ether oxygens (including phenoxy) is 2. The predicted octanol–water partition coefficient (Wildman–Crippen LogP) is 6.10. The fourth-order valence-corrected chi connectivity index (χ4v) is 4.35. The summed E-state index contributed by atoms with van der Waals surface area (Å²) in [5.74, 6) is 1.38. The van der Waals surface area contributed by atoms with Gasteiger partial charge in [-0.15, -0.1) is 0 Å². The Kier molecular flexibility index (Phi) is 7.68. The minimum absolute atomic E-state index is 0.140. The van der Waals surface area contributed by atoms with E-state index in [9.17, 15) is 5.11 Å². The molecule has 0 aromatic heterocycles. The highest BCUT2D eigenvalue weighted by atomic mass is 16.5. The van der Waals surface area contributed by atoms with Gasteiger partial charge in [-0.3, -0.25) is 0 Å². The number of nitrogens with two attached hydrogens (primary N) is 1. The zero-order valence-corrected chi connectivity index (χ0v) is 22.5. The first-order valence-electron chi connectivity index (χ1n) is 12.2. The lowest BCUT2D eigenvalue weighted by Crippen LogP contribution is -2.48. The first kappa shape index (κ1) is 26.8. The van der Waals surface area contributed by atoms with Crippen LogP contribution in [0.15, 0.2) is 66.7 Å². The molecule has 0 spiro atoms. The second-order valence-electron chi connectivity index (χ2n) is 11.5. The smallest absolute Gasteiger partial charge is 0.130 e. The molecule has 0 aliphatic rings. The van der Waals surface area contributed by atoms with Gasteiger partial charge in [0.25, 0.3) is 0 Å². The lowest BCUT2D eigenvalue weighted by Gasteiger charge is -2.37. The summed E-state index contributed by atoms with van der Waals surface area (Å²) in [6.45, 7) is 12.9. The maximum absolute atomic E-state index is 12.7. The van der Waals surface area contributed by atoms with Crippen LogP contribution in [-0.2, 0) is 22.9 Å². The third kappa shape index (κ3) is 5.88. The second kappa shape index (κ2) is 10.0. The molecule has 3 aromatic rings. The predicted molar refractivity (Wildman–Crippen MR) is 145 cm³/mol. The van der Waals surface area contributed by atoms with Gasteiger partial charge in [0.15, 0.2) is 0 Å². The third-order valence-corrected chi connectivity index (χ3v) is 6.73. The highest BCUT2D eigenvalue weighted by Crippen LogP contribution is 2.41. The molecule has 3 N–H and O–H groups in total. The maximum Gasteiger partial charge on any atom is 0.130 e. The zero-order chi connectivity index (χ0) is 26.0. The summed E-state index contributed by atoms with van der Waals surface area (Å²) < 4.78 is 11.3. The number of rotatable bonds is 7. The van der Waals surface area contributed by atoms with Crippen molar-refractivity contribution >= 4 is 0 Å². The molecule has 0 saturated carbocycles. The number of hydrogen-bond acceptors (Lipinski definition) is 4. The van der Waals surface area contributed by atoms with Crippen LogP contribution in [0.2, 0.25) is 0 Å². The highest BCUT2D eigenvalue weighted by molar-refractivity contribution is 5.50. The van der Waals surface area contributed by atoms with E-state index in [2.05, 4.69) is 53.7 Å². The van der Waals surface area contributed by atoms with E-state index in [1.165, 1.54) is 0 Å². The Hall–Kier alpha value is -2.82. The summed E-state index contributed by atoms with van der Waals surface area (Å²) in [6.07, 6.45) is 0.501. The van der Waals surface area contributed by atoms with Gasteiger partial charge in [-0.25, -0.2) is 0 Å². The van der Waals surface area contributed by atoms with E-state index in [0.717, 1.165) is 16.7 Å². The van der Waals surface area contributed by atoms with Crippen LogP contribution < -0.4 is 15.2 Å². The van der Waals surface area contributed by atoms with Crippen molar-refractivity contribution in [3.63, 3.8) is 0 Å². The molecular formula is C31H41NO3. The van der Waals surface area contributed by atoms with Crippen molar-refractivity contribution in [1.82, 2.24) is 0 Å². The lowest BCUT2D eigenvalue weighted by atomic mass is 9.74. The van der Waals surface area contributed by atoms with E-state index in [-0.39, 0.29) is 10.8 Å². The van der Waals surface area contributed by atoms with Crippen LogP contribution >= 0.6 is 0 Å². The molecule has 35 heavy (non-hydrogen) atoms. The quantitative estimate of drug-likeness (QED) is 0.433. The summed E-state index contributed by atoms with van der Waals surface area (Å²) >= 11 is 0. The molecule has 1 unspecified atom stereocenters. The van der Waals surface area contributed by atoms with Crippen molar-refractivity contribution in [2.75, 3.05) is 14.2 Å². The molecule has 0 radical (unpaired) electrons. The number of aliphatic hydroxyl groups is 1. The normalized spacial score (nSPS) is 13.4. The zero-order valence-electron chi connectivity index (χ0n) is 22.5. The van der Waals surface area contributed by atoms with Gasteiger partial charge in [-0.1, -0.05) is 84.0 Å². The minimum atomic E-state index is -1.49. The molecule has 0 bridgehead atoms.